The number of alkyl carbamates (subject to hydrolysis) is 1. The van der Waals surface area contributed by atoms with Crippen molar-refractivity contribution < 1.29 is 38.5 Å². The number of aliphatic carboxylic acids is 1. The molecule has 200 valence electrons. The minimum atomic E-state index is -1.26. The van der Waals surface area contributed by atoms with Gasteiger partial charge < -0.3 is 30.4 Å². The molecule has 12 nitrogen and oxygen atoms in total. The van der Waals surface area contributed by atoms with Crippen LogP contribution in [0.4, 0.5) is 14.4 Å². The highest BCUT2D eigenvalue weighted by Gasteiger charge is 2.34. The van der Waals surface area contributed by atoms with Gasteiger partial charge in [-0.3, -0.25) is 4.99 Å². The van der Waals surface area contributed by atoms with Gasteiger partial charge in [-0.25, -0.2) is 19.2 Å². The van der Waals surface area contributed by atoms with Crippen LogP contribution in [0.3, 0.4) is 0 Å². The van der Waals surface area contributed by atoms with Gasteiger partial charge >= 0.3 is 24.2 Å². The fourth-order valence-electron chi connectivity index (χ4n) is 2.60. The molecule has 0 fully saturated rings. The van der Waals surface area contributed by atoms with Gasteiger partial charge in [0, 0.05) is 6.54 Å². The lowest BCUT2D eigenvalue weighted by Crippen LogP contribution is -2.50. The number of benzene rings is 1. The molecule has 0 radical (unpaired) electrons. The Morgan fingerprint density at radius 2 is 1.53 bits per heavy atom. The first-order chi connectivity index (χ1) is 16.6. The Morgan fingerprint density at radius 3 is 2.00 bits per heavy atom. The van der Waals surface area contributed by atoms with E-state index in [1.165, 1.54) is 0 Å². The van der Waals surface area contributed by atoms with Crippen molar-refractivity contribution in [2.24, 2.45) is 10.7 Å². The number of nitrogens with two attached hydrogens (primary N) is 1. The van der Waals surface area contributed by atoms with E-state index in [1.54, 1.807) is 65.8 Å². The first-order valence-corrected chi connectivity index (χ1v) is 11.3. The van der Waals surface area contributed by atoms with Gasteiger partial charge in [-0.05, 0) is 59.9 Å². The second-order valence-corrected chi connectivity index (χ2v) is 9.78. The number of carboxylic acid groups (broad SMARTS) is 1. The third kappa shape index (κ3) is 12.0. The molecule has 1 unspecified atom stereocenters. The molecule has 1 aromatic rings. The number of carboxylic acids is 1. The second-order valence-electron chi connectivity index (χ2n) is 9.78. The fraction of sp³-hybridized carbons (Fsp3) is 0.542. The zero-order chi connectivity index (χ0) is 27.5. The van der Waals surface area contributed by atoms with Gasteiger partial charge in [0.1, 0.15) is 23.9 Å². The molecule has 12 heteroatoms. The van der Waals surface area contributed by atoms with Crippen LogP contribution in [-0.4, -0.2) is 64.0 Å². The molecule has 1 aromatic carbocycles. The molecule has 0 bridgehead atoms. The van der Waals surface area contributed by atoms with Gasteiger partial charge in [0.2, 0.25) is 5.96 Å². The van der Waals surface area contributed by atoms with Crippen molar-refractivity contribution in [2.75, 3.05) is 6.54 Å². The number of aliphatic imine (C=N–C) groups is 1. The van der Waals surface area contributed by atoms with Crippen molar-refractivity contribution in [3.05, 3.63) is 35.9 Å². The Labute approximate surface area is 210 Å². The van der Waals surface area contributed by atoms with Crippen molar-refractivity contribution in [3.8, 4) is 0 Å². The third-order valence-corrected chi connectivity index (χ3v) is 4.11. The maximum Gasteiger partial charge on any atom is 0.427 e. The van der Waals surface area contributed by atoms with Gasteiger partial charge in [0.25, 0.3) is 0 Å². The SMILES string of the molecule is CC(C)(C)OC(=O)N(C(=O)OC(C)(C)C)C(N)=NCCCC(NC(=O)OCc1ccccc1)C(=O)O. The average Bonchev–Trinajstić information content (AvgIpc) is 2.72. The second kappa shape index (κ2) is 13.3. The first-order valence-electron chi connectivity index (χ1n) is 11.3. The molecule has 0 aliphatic rings. The van der Waals surface area contributed by atoms with Gasteiger partial charge in [0.15, 0.2) is 0 Å². The van der Waals surface area contributed by atoms with E-state index >= 15 is 0 Å². The summed E-state index contributed by atoms with van der Waals surface area (Å²) >= 11 is 0. The minimum absolute atomic E-state index is 0.00851. The highest BCUT2D eigenvalue weighted by atomic mass is 16.6. The smallest absolute Gasteiger partial charge is 0.427 e. The molecule has 1 atom stereocenters. The molecule has 3 amide bonds. The lowest BCUT2D eigenvalue weighted by atomic mass is 10.1. The number of carbonyl (C=O) groups excluding carboxylic acids is 3. The van der Waals surface area contributed by atoms with Gasteiger partial charge in [-0.15, -0.1) is 4.90 Å². The Kier molecular flexibility index (Phi) is 11.2. The molecule has 4 N–H and O–H groups in total. The summed E-state index contributed by atoms with van der Waals surface area (Å²) in [5.41, 5.74) is 4.81. The van der Waals surface area contributed by atoms with Crippen LogP contribution in [0.15, 0.2) is 35.3 Å². The zero-order valence-electron chi connectivity index (χ0n) is 21.6. The van der Waals surface area contributed by atoms with Crippen LogP contribution >= 0.6 is 0 Å². The molecule has 0 heterocycles. The summed E-state index contributed by atoms with van der Waals surface area (Å²) in [5.74, 6) is -1.73. The molecule has 0 saturated heterocycles. The number of nitrogens with one attached hydrogen (secondary N) is 1. The number of nitrogens with zero attached hydrogens (tertiary/aromatic N) is 2. The van der Waals surface area contributed by atoms with E-state index in [0.717, 1.165) is 5.56 Å². The molecule has 0 aliphatic carbocycles. The van der Waals surface area contributed by atoms with Crippen LogP contribution in [0.25, 0.3) is 0 Å². The number of carbonyl (C=O) groups is 4. The monoisotopic (exact) mass is 508 g/mol. The number of imide groups is 1. The number of rotatable bonds is 8. The largest absolute Gasteiger partial charge is 0.480 e. The predicted octanol–water partition coefficient (Wildman–Crippen LogP) is 3.63. The van der Waals surface area contributed by atoms with E-state index in [9.17, 15) is 24.3 Å². The van der Waals surface area contributed by atoms with E-state index in [4.69, 9.17) is 19.9 Å². The molecule has 36 heavy (non-hydrogen) atoms. The summed E-state index contributed by atoms with van der Waals surface area (Å²) in [6.45, 7) is 9.67. The molecule has 0 spiro atoms. The minimum Gasteiger partial charge on any atom is -0.480 e. The Bertz CT molecular complexity index is 908. The molecule has 0 aromatic heterocycles. The predicted molar refractivity (Wildman–Crippen MR) is 131 cm³/mol. The van der Waals surface area contributed by atoms with Crippen LogP contribution in [-0.2, 0) is 25.6 Å². The van der Waals surface area contributed by atoms with Crippen LogP contribution < -0.4 is 11.1 Å². The van der Waals surface area contributed by atoms with E-state index < -0.39 is 47.5 Å². The van der Waals surface area contributed by atoms with E-state index in [1.807, 2.05) is 6.07 Å². The quantitative estimate of drug-likeness (QED) is 0.205. The van der Waals surface area contributed by atoms with Gasteiger partial charge in [0.05, 0.1) is 0 Å². The highest BCUT2D eigenvalue weighted by molar-refractivity contribution is 6.07. The van der Waals surface area contributed by atoms with E-state index in [2.05, 4.69) is 10.3 Å². The maximum absolute atomic E-state index is 12.5. The molecule has 0 aliphatic heterocycles. The fourth-order valence-corrected chi connectivity index (χ4v) is 2.60. The van der Waals surface area contributed by atoms with E-state index in [0.29, 0.717) is 4.90 Å². The lowest BCUT2D eigenvalue weighted by Gasteiger charge is -2.27. The number of amides is 3. The highest BCUT2D eigenvalue weighted by Crippen LogP contribution is 2.14. The van der Waals surface area contributed by atoms with Crippen molar-refractivity contribution in [1.29, 1.82) is 0 Å². The lowest BCUT2D eigenvalue weighted by molar-refractivity contribution is -0.139. The van der Waals surface area contributed by atoms with Gasteiger partial charge in [-0.2, -0.15) is 0 Å². The summed E-state index contributed by atoms with van der Waals surface area (Å²) in [6.07, 6.45) is -2.86. The standard InChI is InChI=1S/C24H36N4O8/c1-23(2,3)35-21(32)28(22(33)36-24(4,5)6)19(25)26-14-10-13-17(18(29)30)27-20(31)34-15-16-11-8-7-9-12-16/h7-9,11-12,17H,10,13-15H2,1-6H3,(H2,25,26)(H,27,31)(H,29,30). The van der Waals surface area contributed by atoms with Gasteiger partial charge in [-0.1, -0.05) is 30.3 Å². The van der Waals surface area contributed by atoms with Crippen molar-refractivity contribution in [3.63, 3.8) is 0 Å². The Morgan fingerprint density at radius 1 is 1.00 bits per heavy atom. The number of hydrogen-bond acceptors (Lipinski definition) is 8. The number of ether oxygens (including phenoxy) is 3. The molecular formula is C24H36N4O8. The number of hydrogen-bond donors (Lipinski definition) is 3. The van der Waals surface area contributed by atoms with Crippen LogP contribution in [0, 0.1) is 0 Å². The number of guanidine groups is 1. The summed E-state index contributed by atoms with van der Waals surface area (Å²) in [5, 5.41) is 11.7. The zero-order valence-corrected chi connectivity index (χ0v) is 21.6. The maximum atomic E-state index is 12.5. The van der Waals surface area contributed by atoms with Crippen molar-refractivity contribution in [1.82, 2.24) is 10.2 Å². The summed E-state index contributed by atoms with van der Waals surface area (Å²) in [6, 6.07) is 7.69. The first kappa shape index (κ1) is 30.2. The Balaban J connectivity index is 2.74. The van der Waals surface area contributed by atoms with Crippen LogP contribution in [0.5, 0.6) is 0 Å². The Hall–Kier alpha value is -3.83. The summed E-state index contributed by atoms with van der Waals surface area (Å²) < 4.78 is 15.5. The molecule has 0 saturated carbocycles. The molecule has 1 rings (SSSR count). The van der Waals surface area contributed by atoms with Crippen LogP contribution in [0.2, 0.25) is 0 Å². The average molecular weight is 509 g/mol. The van der Waals surface area contributed by atoms with Crippen molar-refractivity contribution in [2.45, 2.75) is 78.2 Å². The van der Waals surface area contributed by atoms with Crippen molar-refractivity contribution >= 4 is 30.2 Å². The topological polar surface area (TPSA) is 170 Å². The summed E-state index contributed by atoms with van der Waals surface area (Å²) in [4.78, 5) is 53.1. The normalized spacial score (nSPS) is 12.8. The summed E-state index contributed by atoms with van der Waals surface area (Å²) in [7, 11) is 0. The van der Waals surface area contributed by atoms with E-state index in [-0.39, 0.29) is 26.0 Å². The van der Waals surface area contributed by atoms with Crippen LogP contribution in [0.1, 0.15) is 59.9 Å². The third-order valence-electron chi connectivity index (χ3n) is 4.11. The molecular weight excluding hydrogens is 472 g/mol.